The van der Waals surface area contributed by atoms with Gasteiger partial charge in [-0.15, -0.1) is 11.6 Å². The number of nitrogen functional groups attached to an aromatic ring is 2. The van der Waals surface area contributed by atoms with Crippen LogP contribution in [-0.4, -0.2) is 32.2 Å². The van der Waals surface area contributed by atoms with E-state index in [0.717, 1.165) is 0 Å². The highest BCUT2D eigenvalue weighted by Gasteiger charge is 2.20. The summed E-state index contributed by atoms with van der Waals surface area (Å²) < 4.78 is 0. The van der Waals surface area contributed by atoms with Crippen molar-refractivity contribution in [2.45, 2.75) is 18.6 Å². The van der Waals surface area contributed by atoms with E-state index in [9.17, 15) is 10.2 Å². The van der Waals surface area contributed by atoms with E-state index < -0.39 is 12.2 Å². The van der Waals surface area contributed by atoms with Gasteiger partial charge in [-0.25, -0.2) is 9.97 Å². The lowest BCUT2D eigenvalue weighted by Crippen LogP contribution is -2.20. The average Bonchev–Trinajstić information content (AvgIpc) is 2.21. The molecule has 84 valence electrons. The third kappa shape index (κ3) is 2.92. The standard InChI is InChI=1S/C8H13ClN4O2/c9-2-1-5(14)6(15)4-3-12-7(10)8(11)13-4/h3,5-6,14-15H,1-2H2,(H2,10,12)(H2,11,13). The van der Waals surface area contributed by atoms with Gasteiger partial charge in [0.25, 0.3) is 0 Å². The van der Waals surface area contributed by atoms with E-state index in [4.69, 9.17) is 23.1 Å². The number of hydrogen-bond donors (Lipinski definition) is 4. The van der Waals surface area contributed by atoms with Crippen molar-refractivity contribution < 1.29 is 10.2 Å². The van der Waals surface area contributed by atoms with Crippen LogP contribution in [0.5, 0.6) is 0 Å². The second kappa shape index (κ2) is 5.11. The van der Waals surface area contributed by atoms with Crippen molar-refractivity contribution in [3.8, 4) is 0 Å². The van der Waals surface area contributed by atoms with Gasteiger partial charge >= 0.3 is 0 Å². The average molecular weight is 233 g/mol. The Morgan fingerprint density at radius 1 is 1.33 bits per heavy atom. The Morgan fingerprint density at radius 2 is 2.00 bits per heavy atom. The molecule has 0 saturated carbocycles. The van der Waals surface area contributed by atoms with Gasteiger partial charge in [0.1, 0.15) is 6.10 Å². The number of aliphatic hydroxyl groups excluding tert-OH is 2. The summed E-state index contributed by atoms with van der Waals surface area (Å²) in [5.41, 5.74) is 11.0. The molecule has 1 aromatic rings. The van der Waals surface area contributed by atoms with Gasteiger partial charge in [-0.05, 0) is 6.42 Å². The van der Waals surface area contributed by atoms with E-state index in [-0.39, 0.29) is 29.6 Å². The van der Waals surface area contributed by atoms with Crippen LogP contribution < -0.4 is 11.5 Å². The zero-order valence-electron chi connectivity index (χ0n) is 7.97. The largest absolute Gasteiger partial charge is 0.390 e. The number of alkyl halides is 1. The lowest BCUT2D eigenvalue weighted by atomic mass is 10.1. The number of hydrogen-bond acceptors (Lipinski definition) is 6. The lowest BCUT2D eigenvalue weighted by molar-refractivity contribution is 0.0143. The Labute approximate surface area is 91.9 Å². The summed E-state index contributed by atoms with van der Waals surface area (Å²) in [5.74, 6) is 0.373. The quantitative estimate of drug-likeness (QED) is 0.528. The van der Waals surface area contributed by atoms with Crippen LogP contribution in [0.2, 0.25) is 0 Å². The van der Waals surface area contributed by atoms with Gasteiger partial charge in [-0.2, -0.15) is 0 Å². The molecule has 15 heavy (non-hydrogen) atoms. The maximum Gasteiger partial charge on any atom is 0.166 e. The number of aromatic nitrogens is 2. The fourth-order valence-corrected chi connectivity index (χ4v) is 1.26. The molecule has 1 rings (SSSR count). The first-order valence-electron chi connectivity index (χ1n) is 4.36. The molecule has 0 amide bonds. The zero-order valence-corrected chi connectivity index (χ0v) is 8.72. The maximum atomic E-state index is 9.63. The highest BCUT2D eigenvalue weighted by Crippen LogP contribution is 2.19. The molecule has 0 aliphatic carbocycles. The van der Waals surface area contributed by atoms with Gasteiger partial charge in [-0.1, -0.05) is 0 Å². The summed E-state index contributed by atoms with van der Waals surface area (Å²) in [4.78, 5) is 7.54. The molecule has 0 bridgehead atoms. The number of halogens is 1. The number of aliphatic hydroxyl groups is 2. The highest BCUT2D eigenvalue weighted by atomic mass is 35.5. The molecule has 2 atom stereocenters. The SMILES string of the molecule is Nc1ncc(C(O)C(O)CCCl)nc1N. The van der Waals surface area contributed by atoms with Gasteiger partial charge in [0.15, 0.2) is 11.6 Å². The van der Waals surface area contributed by atoms with E-state index in [2.05, 4.69) is 9.97 Å². The van der Waals surface area contributed by atoms with Crippen LogP contribution in [0.4, 0.5) is 11.6 Å². The molecule has 0 aromatic carbocycles. The van der Waals surface area contributed by atoms with E-state index in [1.165, 1.54) is 6.20 Å². The predicted octanol–water partition coefficient (Wildman–Crippen LogP) is -0.336. The molecule has 1 heterocycles. The van der Waals surface area contributed by atoms with Gasteiger partial charge in [-0.3, -0.25) is 0 Å². The van der Waals surface area contributed by atoms with Gasteiger partial charge < -0.3 is 21.7 Å². The van der Waals surface area contributed by atoms with Gasteiger partial charge in [0.2, 0.25) is 0 Å². The van der Waals surface area contributed by atoms with Crippen molar-refractivity contribution in [3.63, 3.8) is 0 Å². The molecule has 0 saturated heterocycles. The summed E-state index contributed by atoms with van der Waals surface area (Å²) in [6.45, 7) is 0. The maximum absolute atomic E-state index is 9.63. The molecule has 1 aromatic heterocycles. The van der Waals surface area contributed by atoms with Crippen LogP contribution in [0.15, 0.2) is 6.20 Å². The second-order valence-electron chi connectivity index (χ2n) is 3.06. The summed E-state index contributed by atoms with van der Waals surface area (Å²) in [6.07, 6.45) is -0.610. The first-order valence-corrected chi connectivity index (χ1v) is 4.89. The van der Waals surface area contributed by atoms with Crippen molar-refractivity contribution in [1.29, 1.82) is 0 Å². The molecule has 6 N–H and O–H groups in total. The topological polar surface area (TPSA) is 118 Å². The van der Waals surface area contributed by atoms with Crippen LogP contribution in [0.3, 0.4) is 0 Å². The molecule has 0 fully saturated rings. The highest BCUT2D eigenvalue weighted by molar-refractivity contribution is 6.17. The molecule has 0 radical (unpaired) electrons. The summed E-state index contributed by atoms with van der Waals surface area (Å²) in [5, 5.41) is 19.1. The van der Waals surface area contributed by atoms with E-state index in [1.54, 1.807) is 0 Å². The minimum Gasteiger partial charge on any atom is -0.390 e. The van der Waals surface area contributed by atoms with Crippen LogP contribution in [0.25, 0.3) is 0 Å². The fraction of sp³-hybridized carbons (Fsp3) is 0.500. The third-order valence-corrected chi connectivity index (χ3v) is 2.14. The van der Waals surface area contributed by atoms with Crippen molar-refractivity contribution in [2.75, 3.05) is 17.3 Å². The molecular formula is C8H13ClN4O2. The van der Waals surface area contributed by atoms with Crippen LogP contribution in [-0.2, 0) is 0 Å². The molecule has 0 spiro atoms. The Balaban J connectivity index is 2.81. The van der Waals surface area contributed by atoms with Crippen LogP contribution in [0, 0.1) is 0 Å². The number of nitrogens with zero attached hydrogens (tertiary/aromatic N) is 2. The fourth-order valence-electron chi connectivity index (χ4n) is 1.04. The Hall–Kier alpha value is -1.11. The van der Waals surface area contributed by atoms with Crippen molar-refractivity contribution in [2.24, 2.45) is 0 Å². The summed E-state index contributed by atoms with van der Waals surface area (Å²) in [7, 11) is 0. The molecular weight excluding hydrogens is 220 g/mol. The van der Waals surface area contributed by atoms with Gasteiger partial charge in [0.05, 0.1) is 18.0 Å². The molecule has 2 unspecified atom stereocenters. The smallest absolute Gasteiger partial charge is 0.166 e. The zero-order chi connectivity index (χ0) is 11.4. The van der Waals surface area contributed by atoms with Crippen molar-refractivity contribution in [3.05, 3.63) is 11.9 Å². The van der Waals surface area contributed by atoms with Gasteiger partial charge in [0, 0.05) is 5.88 Å². The Morgan fingerprint density at radius 3 is 2.53 bits per heavy atom. The normalized spacial score (nSPS) is 14.9. The van der Waals surface area contributed by atoms with Crippen molar-refractivity contribution in [1.82, 2.24) is 9.97 Å². The lowest BCUT2D eigenvalue weighted by Gasteiger charge is -2.16. The van der Waals surface area contributed by atoms with Crippen LogP contribution in [0.1, 0.15) is 18.2 Å². The Kier molecular flexibility index (Phi) is 4.07. The first kappa shape index (κ1) is 12.0. The van der Waals surface area contributed by atoms with E-state index in [0.29, 0.717) is 0 Å². The molecule has 0 aliphatic rings. The Bertz CT molecular complexity index is 336. The van der Waals surface area contributed by atoms with E-state index >= 15 is 0 Å². The third-order valence-electron chi connectivity index (χ3n) is 1.92. The molecule has 7 heteroatoms. The number of anilines is 2. The minimum absolute atomic E-state index is 0.0321. The summed E-state index contributed by atoms with van der Waals surface area (Å²) >= 11 is 5.43. The number of nitrogens with two attached hydrogens (primary N) is 2. The predicted molar refractivity (Wildman–Crippen MR) is 57.2 cm³/mol. The second-order valence-corrected chi connectivity index (χ2v) is 3.43. The van der Waals surface area contributed by atoms with Crippen LogP contribution >= 0.6 is 11.6 Å². The monoisotopic (exact) mass is 232 g/mol. The minimum atomic E-state index is -1.15. The first-order chi connectivity index (χ1) is 7.06. The molecule has 0 aliphatic heterocycles. The number of rotatable bonds is 4. The summed E-state index contributed by atoms with van der Waals surface area (Å²) in [6, 6.07) is 0. The van der Waals surface area contributed by atoms with Crippen molar-refractivity contribution >= 4 is 23.2 Å². The van der Waals surface area contributed by atoms with E-state index in [1.807, 2.05) is 0 Å². The molecule has 6 nitrogen and oxygen atoms in total.